The first-order valence-electron chi connectivity index (χ1n) is 6.04. The summed E-state index contributed by atoms with van der Waals surface area (Å²) in [5.74, 6) is 0.665. The van der Waals surface area contributed by atoms with Crippen LogP contribution in [0.5, 0.6) is 0 Å². The summed E-state index contributed by atoms with van der Waals surface area (Å²) in [6.45, 7) is 2.10. The van der Waals surface area contributed by atoms with E-state index in [9.17, 15) is 0 Å². The van der Waals surface area contributed by atoms with Crippen molar-refractivity contribution in [3.8, 4) is 11.3 Å². The van der Waals surface area contributed by atoms with Crippen molar-refractivity contribution in [2.45, 2.75) is 6.92 Å². The summed E-state index contributed by atoms with van der Waals surface area (Å²) < 4.78 is 4.96. The fourth-order valence-electron chi connectivity index (χ4n) is 2.49. The van der Waals surface area contributed by atoms with Crippen molar-refractivity contribution in [1.82, 2.24) is 14.3 Å². The first kappa shape index (κ1) is 12.3. The lowest BCUT2D eigenvalue weighted by molar-refractivity contribution is 0.782. The molecule has 0 spiro atoms. The third-order valence-electron chi connectivity index (χ3n) is 3.64. The average molecular weight is 319 g/mol. The molecule has 0 saturated carbocycles. The molecule has 0 fully saturated rings. The molecule has 0 radical (unpaired) electrons. The van der Waals surface area contributed by atoms with Gasteiger partial charge < -0.3 is 10.3 Å². The van der Waals surface area contributed by atoms with Gasteiger partial charge in [0.2, 0.25) is 0 Å². The number of aryl methyl sites for hydroxylation is 2. The Labute approximate surface area is 119 Å². The lowest BCUT2D eigenvalue weighted by Gasteiger charge is -1.99. The lowest BCUT2D eigenvalue weighted by Crippen LogP contribution is -1.96. The molecule has 2 aromatic heterocycles. The van der Waals surface area contributed by atoms with Crippen molar-refractivity contribution in [3.63, 3.8) is 0 Å². The number of anilines is 1. The van der Waals surface area contributed by atoms with Crippen molar-refractivity contribution < 1.29 is 0 Å². The first-order valence-corrected chi connectivity index (χ1v) is 6.83. The molecule has 98 valence electrons. The van der Waals surface area contributed by atoms with Gasteiger partial charge in [-0.2, -0.15) is 5.10 Å². The highest BCUT2D eigenvalue weighted by molar-refractivity contribution is 9.10. The van der Waals surface area contributed by atoms with Crippen LogP contribution in [0.4, 0.5) is 5.82 Å². The summed E-state index contributed by atoms with van der Waals surface area (Å²) in [6.07, 6.45) is 0. The maximum absolute atomic E-state index is 5.90. The minimum absolute atomic E-state index is 0.665. The highest BCUT2D eigenvalue weighted by atomic mass is 79.9. The Morgan fingerprint density at radius 3 is 2.63 bits per heavy atom. The second kappa shape index (κ2) is 4.13. The van der Waals surface area contributed by atoms with E-state index in [4.69, 9.17) is 5.73 Å². The normalized spacial score (nSPS) is 11.4. The van der Waals surface area contributed by atoms with Crippen molar-refractivity contribution in [2.75, 3.05) is 5.73 Å². The van der Waals surface area contributed by atoms with E-state index in [1.165, 1.54) is 16.6 Å². The van der Waals surface area contributed by atoms with E-state index in [0.29, 0.717) is 5.82 Å². The molecule has 3 rings (SSSR count). The van der Waals surface area contributed by atoms with Gasteiger partial charge in [0, 0.05) is 46.8 Å². The number of rotatable bonds is 1. The van der Waals surface area contributed by atoms with Crippen LogP contribution in [0.1, 0.15) is 5.69 Å². The summed E-state index contributed by atoms with van der Waals surface area (Å²) in [6, 6.07) is 8.13. The Morgan fingerprint density at radius 2 is 2.00 bits per heavy atom. The standard InChI is InChI=1S/C14H15BrN4/c1-8-13(10-7-12(16)19(3)17-10)14-9(15)5-4-6-11(14)18(8)2/h4-7H,16H2,1-3H3. The minimum Gasteiger partial charge on any atom is -0.384 e. The summed E-state index contributed by atoms with van der Waals surface area (Å²) in [4.78, 5) is 0. The van der Waals surface area contributed by atoms with Crippen LogP contribution in [-0.4, -0.2) is 14.3 Å². The van der Waals surface area contributed by atoms with Crippen molar-refractivity contribution in [1.29, 1.82) is 0 Å². The van der Waals surface area contributed by atoms with Crippen LogP contribution in [0.3, 0.4) is 0 Å². The zero-order valence-corrected chi connectivity index (χ0v) is 12.7. The fraction of sp³-hybridized carbons (Fsp3) is 0.214. The number of fused-ring (bicyclic) bond motifs is 1. The molecule has 0 amide bonds. The summed E-state index contributed by atoms with van der Waals surface area (Å²) in [5, 5.41) is 5.68. The van der Waals surface area contributed by atoms with Crippen LogP contribution < -0.4 is 5.73 Å². The number of benzene rings is 1. The van der Waals surface area contributed by atoms with Gasteiger partial charge in [0.05, 0.1) is 5.69 Å². The Hall–Kier alpha value is -1.75. The predicted octanol–water partition coefficient (Wildman–Crippen LogP) is 3.23. The zero-order chi connectivity index (χ0) is 13.7. The van der Waals surface area contributed by atoms with E-state index in [0.717, 1.165) is 15.7 Å². The number of nitrogen functional groups attached to an aromatic ring is 1. The Balaban J connectivity index is 2.43. The molecule has 0 aliphatic rings. The third kappa shape index (κ3) is 1.69. The fourth-order valence-corrected chi connectivity index (χ4v) is 3.04. The van der Waals surface area contributed by atoms with Gasteiger partial charge in [0.1, 0.15) is 5.82 Å². The van der Waals surface area contributed by atoms with Crippen molar-refractivity contribution in [3.05, 3.63) is 34.4 Å². The summed E-state index contributed by atoms with van der Waals surface area (Å²) in [5.41, 5.74) is 10.3. The second-order valence-corrected chi connectivity index (χ2v) is 5.59. The van der Waals surface area contributed by atoms with Crippen LogP contribution in [0, 0.1) is 6.92 Å². The molecular weight excluding hydrogens is 304 g/mol. The smallest absolute Gasteiger partial charge is 0.121 e. The molecule has 0 aliphatic heterocycles. The average Bonchev–Trinajstić information content (AvgIpc) is 2.82. The van der Waals surface area contributed by atoms with E-state index < -0.39 is 0 Å². The molecule has 0 saturated heterocycles. The largest absolute Gasteiger partial charge is 0.384 e. The maximum atomic E-state index is 5.90. The third-order valence-corrected chi connectivity index (χ3v) is 4.30. The highest BCUT2D eigenvalue weighted by Crippen LogP contribution is 2.37. The van der Waals surface area contributed by atoms with Crippen molar-refractivity contribution >= 4 is 32.7 Å². The molecule has 1 aromatic carbocycles. The Kier molecular flexibility index (Phi) is 2.67. The highest BCUT2D eigenvalue weighted by Gasteiger charge is 2.18. The number of nitrogens with zero attached hydrogens (tertiary/aromatic N) is 3. The molecule has 2 N–H and O–H groups in total. The van der Waals surface area contributed by atoms with Crippen molar-refractivity contribution in [2.24, 2.45) is 14.1 Å². The van der Waals surface area contributed by atoms with Crippen LogP contribution in [0.15, 0.2) is 28.7 Å². The predicted molar refractivity (Wildman–Crippen MR) is 82.0 cm³/mol. The minimum atomic E-state index is 0.665. The van der Waals surface area contributed by atoms with Crippen LogP contribution in [0.25, 0.3) is 22.2 Å². The van der Waals surface area contributed by atoms with Crippen LogP contribution in [-0.2, 0) is 14.1 Å². The number of hydrogen-bond acceptors (Lipinski definition) is 2. The van der Waals surface area contributed by atoms with E-state index in [1.54, 1.807) is 4.68 Å². The number of halogens is 1. The molecule has 4 nitrogen and oxygen atoms in total. The van der Waals surface area contributed by atoms with Gasteiger partial charge in [-0.05, 0) is 19.1 Å². The molecule has 0 bridgehead atoms. The molecule has 0 atom stereocenters. The van der Waals surface area contributed by atoms with Crippen LogP contribution >= 0.6 is 15.9 Å². The molecule has 0 aliphatic carbocycles. The van der Waals surface area contributed by atoms with Gasteiger partial charge >= 0.3 is 0 Å². The van der Waals surface area contributed by atoms with Gasteiger partial charge in [0.15, 0.2) is 0 Å². The number of nitrogens with two attached hydrogens (primary N) is 1. The zero-order valence-electron chi connectivity index (χ0n) is 11.1. The Morgan fingerprint density at radius 1 is 1.26 bits per heavy atom. The second-order valence-electron chi connectivity index (χ2n) is 4.73. The van der Waals surface area contributed by atoms with E-state index >= 15 is 0 Å². The Bertz CT molecular complexity index is 763. The first-order chi connectivity index (χ1) is 9.00. The number of aromatic nitrogens is 3. The topological polar surface area (TPSA) is 48.8 Å². The van der Waals surface area contributed by atoms with Gasteiger partial charge in [-0.15, -0.1) is 0 Å². The molecule has 5 heteroatoms. The summed E-state index contributed by atoms with van der Waals surface area (Å²) in [7, 11) is 3.92. The van der Waals surface area contributed by atoms with E-state index in [-0.39, 0.29) is 0 Å². The van der Waals surface area contributed by atoms with E-state index in [2.05, 4.69) is 51.7 Å². The van der Waals surface area contributed by atoms with E-state index in [1.807, 2.05) is 19.2 Å². The number of hydrogen-bond donors (Lipinski definition) is 1. The molecule has 19 heavy (non-hydrogen) atoms. The maximum Gasteiger partial charge on any atom is 0.121 e. The monoisotopic (exact) mass is 318 g/mol. The quantitative estimate of drug-likeness (QED) is 0.748. The SMILES string of the molecule is Cc1c(-c2cc(N)n(C)n2)c2c(Br)cccc2n1C. The molecular formula is C14H15BrN4. The molecule has 2 heterocycles. The van der Waals surface area contributed by atoms with Gasteiger partial charge in [0.25, 0.3) is 0 Å². The van der Waals surface area contributed by atoms with Gasteiger partial charge in [-0.1, -0.05) is 22.0 Å². The lowest BCUT2D eigenvalue weighted by atomic mass is 10.1. The molecule has 0 unspecified atom stereocenters. The molecule has 3 aromatic rings. The summed E-state index contributed by atoms with van der Waals surface area (Å²) >= 11 is 3.64. The van der Waals surface area contributed by atoms with Crippen LogP contribution in [0.2, 0.25) is 0 Å². The van der Waals surface area contributed by atoms with Gasteiger partial charge in [-0.3, -0.25) is 4.68 Å². The van der Waals surface area contributed by atoms with Gasteiger partial charge in [-0.25, -0.2) is 0 Å².